The van der Waals surface area contributed by atoms with Crippen LogP contribution in [0.2, 0.25) is 0 Å². The summed E-state index contributed by atoms with van der Waals surface area (Å²) >= 11 is 1.62. The first-order valence-corrected chi connectivity index (χ1v) is 7.47. The van der Waals surface area contributed by atoms with Gasteiger partial charge in [0.05, 0.1) is 22.9 Å². The number of hydrogen-bond acceptors (Lipinski definition) is 4. The fourth-order valence-corrected chi connectivity index (χ4v) is 3.87. The van der Waals surface area contributed by atoms with Crippen LogP contribution in [-0.4, -0.2) is 31.2 Å². The highest BCUT2D eigenvalue weighted by Gasteiger charge is 2.30. The molecule has 0 aromatic carbocycles. The van der Waals surface area contributed by atoms with Crippen molar-refractivity contribution in [3.05, 3.63) is 28.7 Å². The number of amides is 1. The summed E-state index contributed by atoms with van der Waals surface area (Å²) < 4.78 is 3.61. The Morgan fingerprint density at radius 3 is 2.75 bits per heavy atom. The van der Waals surface area contributed by atoms with Crippen LogP contribution in [-0.2, 0) is 18.9 Å². The van der Waals surface area contributed by atoms with E-state index in [1.807, 2.05) is 31.9 Å². The molecule has 1 aliphatic rings. The van der Waals surface area contributed by atoms with Crippen LogP contribution < -0.4 is 5.32 Å². The summed E-state index contributed by atoms with van der Waals surface area (Å²) in [4.78, 5) is 11.9. The van der Waals surface area contributed by atoms with Crippen LogP contribution in [0.15, 0.2) is 6.20 Å². The SMILES string of the molecule is Cc1nn(C)c(C)c1[C@H]1SCC(=O)Nc2c1cnn2C. The van der Waals surface area contributed by atoms with Crippen LogP contribution in [0.5, 0.6) is 0 Å². The molecule has 0 saturated carbocycles. The molecular formula is C13H17N5OS. The lowest BCUT2D eigenvalue weighted by molar-refractivity contribution is -0.113. The van der Waals surface area contributed by atoms with Crippen LogP contribution >= 0.6 is 11.8 Å². The molecule has 3 heterocycles. The average molecular weight is 291 g/mol. The molecule has 1 N–H and O–H groups in total. The molecule has 2 aromatic heterocycles. The van der Waals surface area contributed by atoms with Crippen molar-refractivity contribution in [3.8, 4) is 0 Å². The lowest BCUT2D eigenvalue weighted by Crippen LogP contribution is -2.15. The zero-order valence-corrected chi connectivity index (χ0v) is 12.8. The molecule has 0 unspecified atom stereocenters. The molecule has 106 valence electrons. The summed E-state index contributed by atoms with van der Waals surface area (Å²) in [6.45, 7) is 4.07. The highest BCUT2D eigenvalue weighted by Crippen LogP contribution is 2.43. The van der Waals surface area contributed by atoms with E-state index >= 15 is 0 Å². The van der Waals surface area contributed by atoms with Crippen molar-refractivity contribution < 1.29 is 4.79 Å². The number of fused-ring (bicyclic) bond motifs is 1. The second-order valence-corrected chi connectivity index (χ2v) is 6.11. The molecule has 1 atom stereocenters. The Bertz CT molecular complexity index is 687. The van der Waals surface area contributed by atoms with Gasteiger partial charge in [-0.1, -0.05) is 0 Å². The number of aryl methyl sites for hydroxylation is 3. The minimum absolute atomic E-state index is 0.0153. The molecule has 1 aliphatic heterocycles. The third-order valence-electron chi connectivity index (χ3n) is 3.72. The maximum Gasteiger partial charge on any atom is 0.235 e. The van der Waals surface area contributed by atoms with Crippen molar-refractivity contribution in [2.75, 3.05) is 11.1 Å². The first-order chi connectivity index (χ1) is 9.49. The fraction of sp³-hybridized carbons (Fsp3) is 0.462. The van der Waals surface area contributed by atoms with E-state index in [2.05, 4.69) is 22.4 Å². The number of rotatable bonds is 1. The van der Waals surface area contributed by atoms with Crippen molar-refractivity contribution in [2.45, 2.75) is 19.1 Å². The van der Waals surface area contributed by atoms with Crippen molar-refractivity contribution in [3.63, 3.8) is 0 Å². The normalized spacial score (nSPS) is 18.6. The minimum atomic E-state index is 0.0153. The lowest BCUT2D eigenvalue weighted by Gasteiger charge is -2.14. The zero-order chi connectivity index (χ0) is 14.4. The molecule has 1 amide bonds. The molecule has 0 fully saturated rings. The van der Waals surface area contributed by atoms with Crippen LogP contribution in [0.3, 0.4) is 0 Å². The molecule has 0 radical (unpaired) electrons. The van der Waals surface area contributed by atoms with Gasteiger partial charge in [0, 0.05) is 30.9 Å². The maximum atomic E-state index is 11.9. The lowest BCUT2D eigenvalue weighted by atomic mass is 10.0. The highest BCUT2D eigenvalue weighted by atomic mass is 32.2. The highest BCUT2D eigenvalue weighted by molar-refractivity contribution is 8.00. The number of nitrogens with one attached hydrogen (secondary N) is 1. The van der Waals surface area contributed by atoms with E-state index in [0.29, 0.717) is 5.75 Å². The Balaban J connectivity index is 2.16. The van der Waals surface area contributed by atoms with Gasteiger partial charge in [0.1, 0.15) is 5.82 Å². The van der Waals surface area contributed by atoms with Gasteiger partial charge in [-0.3, -0.25) is 14.2 Å². The number of carbonyl (C=O) groups excluding carboxylic acids is 1. The molecule has 20 heavy (non-hydrogen) atoms. The summed E-state index contributed by atoms with van der Waals surface area (Å²) in [7, 11) is 3.79. The predicted molar refractivity (Wildman–Crippen MR) is 78.8 cm³/mol. The molecule has 2 aromatic rings. The van der Waals surface area contributed by atoms with E-state index in [1.165, 1.54) is 5.56 Å². The third kappa shape index (κ3) is 1.93. The molecular weight excluding hydrogens is 274 g/mol. The Labute approximate surface area is 121 Å². The van der Waals surface area contributed by atoms with Crippen molar-refractivity contribution in [2.24, 2.45) is 14.1 Å². The van der Waals surface area contributed by atoms with Crippen LogP contribution in [0.25, 0.3) is 0 Å². The van der Waals surface area contributed by atoms with Crippen molar-refractivity contribution in [1.82, 2.24) is 19.6 Å². The summed E-state index contributed by atoms with van der Waals surface area (Å²) in [6.07, 6.45) is 1.84. The van der Waals surface area contributed by atoms with Gasteiger partial charge < -0.3 is 5.32 Å². The Kier molecular flexibility index (Phi) is 3.08. The number of aromatic nitrogens is 4. The molecule has 6 nitrogen and oxygen atoms in total. The number of anilines is 1. The summed E-state index contributed by atoms with van der Waals surface area (Å²) in [6, 6.07) is 0. The van der Waals surface area contributed by atoms with Gasteiger partial charge in [0.2, 0.25) is 5.91 Å². The predicted octanol–water partition coefficient (Wildman–Crippen LogP) is 1.55. The van der Waals surface area contributed by atoms with E-state index < -0.39 is 0 Å². The van der Waals surface area contributed by atoms with Gasteiger partial charge in [-0.25, -0.2) is 0 Å². The van der Waals surface area contributed by atoms with E-state index in [9.17, 15) is 4.79 Å². The smallest absolute Gasteiger partial charge is 0.235 e. The fourth-order valence-electron chi connectivity index (χ4n) is 2.62. The largest absolute Gasteiger partial charge is 0.310 e. The number of hydrogen-bond donors (Lipinski definition) is 1. The van der Waals surface area contributed by atoms with Gasteiger partial charge in [0.25, 0.3) is 0 Å². The first-order valence-electron chi connectivity index (χ1n) is 6.42. The van der Waals surface area contributed by atoms with Gasteiger partial charge in [0.15, 0.2) is 0 Å². The molecule has 0 aliphatic carbocycles. The third-order valence-corrected chi connectivity index (χ3v) is 4.97. The monoisotopic (exact) mass is 291 g/mol. The number of nitrogens with zero attached hydrogens (tertiary/aromatic N) is 4. The summed E-state index contributed by atoms with van der Waals surface area (Å²) in [5, 5.41) is 11.8. The Morgan fingerprint density at radius 1 is 1.35 bits per heavy atom. The second-order valence-electron chi connectivity index (χ2n) is 5.02. The van der Waals surface area contributed by atoms with E-state index in [0.717, 1.165) is 22.8 Å². The van der Waals surface area contributed by atoms with Crippen LogP contribution in [0.1, 0.15) is 27.8 Å². The standard InChI is InChI=1S/C13H17N5OS/c1-7-11(8(2)17(3)16-7)12-9-5-14-18(4)13(9)15-10(19)6-20-12/h5,12H,6H2,1-4H3,(H,15,19)/t12-/m0/s1. The van der Waals surface area contributed by atoms with Gasteiger partial charge in [-0.05, 0) is 13.8 Å². The Hall–Kier alpha value is -1.76. The Morgan fingerprint density at radius 2 is 2.10 bits per heavy atom. The molecule has 0 saturated heterocycles. The summed E-state index contributed by atoms with van der Waals surface area (Å²) in [5.74, 6) is 1.24. The topological polar surface area (TPSA) is 64.7 Å². The van der Waals surface area contributed by atoms with E-state index in [-0.39, 0.29) is 11.2 Å². The van der Waals surface area contributed by atoms with Gasteiger partial charge >= 0.3 is 0 Å². The average Bonchev–Trinajstić information content (AvgIpc) is 2.79. The maximum absolute atomic E-state index is 11.9. The molecule has 3 rings (SSSR count). The van der Waals surface area contributed by atoms with Crippen molar-refractivity contribution >= 4 is 23.5 Å². The minimum Gasteiger partial charge on any atom is -0.310 e. The van der Waals surface area contributed by atoms with Gasteiger partial charge in [-0.15, -0.1) is 11.8 Å². The quantitative estimate of drug-likeness (QED) is 0.865. The first kappa shape index (κ1) is 13.2. The second kappa shape index (κ2) is 4.66. The van der Waals surface area contributed by atoms with E-state index in [4.69, 9.17) is 0 Å². The molecule has 0 spiro atoms. The molecule has 7 heteroatoms. The van der Waals surface area contributed by atoms with Crippen LogP contribution in [0.4, 0.5) is 5.82 Å². The number of carbonyl (C=O) groups is 1. The number of thioether (sulfide) groups is 1. The van der Waals surface area contributed by atoms with E-state index in [1.54, 1.807) is 16.4 Å². The summed E-state index contributed by atoms with van der Waals surface area (Å²) in [5.41, 5.74) is 4.36. The van der Waals surface area contributed by atoms with Crippen LogP contribution in [0, 0.1) is 13.8 Å². The van der Waals surface area contributed by atoms with Gasteiger partial charge in [-0.2, -0.15) is 10.2 Å². The zero-order valence-electron chi connectivity index (χ0n) is 12.0. The van der Waals surface area contributed by atoms with Crippen molar-refractivity contribution in [1.29, 1.82) is 0 Å². The molecule has 0 bridgehead atoms.